The van der Waals surface area contributed by atoms with Gasteiger partial charge in [-0.3, -0.25) is 0 Å². The lowest BCUT2D eigenvalue weighted by atomic mass is 10.1. The van der Waals surface area contributed by atoms with Crippen LogP contribution in [0, 0.1) is 5.82 Å². The van der Waals surface area contributed by atoms with E-state index >= 15 is 0 Å². The molecule has 0 saturated carbocycles. The quantitative estimate of drug-likeness (QED) is 0.169. The van der Waals surface area contributed by atoms with Crippen LogP contribution in [0.5, 0.6) is 0 Å². The van der Waals surface area contributed by atoms with E-state index in [0.29, 0.717) is 0 Å². The average Bonchev–Trinajstić information content (AvgIpc) is 2.69. The Morgan fingerprint density at radius 2 is 1.93 bits per heavy atom. The SMILES string of the molecule is C=N/N=C(\OCC(F)F)c1ccc(CN(SC)c2cccc(C(F)(F)F)c2)c(F)c1. The average molecular weight is 449 g/mol. The molecule has 0 aliphatic carbocycles. The number of hydrogen-bond donors (Lipinski definition) is 0. The second kappa shape index (κ2) is 10.4. The van der Waals surface area contributed by atoms with Gasteiger partial charge in [-0.15, -0.1) is 5.10 Å². The smallest absolute Gasteiger partial charge is 0.416 e. The monoisotopic (exact) mass is 449 g/mol. The van der Waals surface area contributed by atoms with Gasteiger partial charge in [0.1, 0.15) is 5.82 Å². The number of anilines is 1. The second-order valence-corrected chi connectivity index (χ2v) is 6.63. The molecule has 2 aromatic rings. The zero-order chi connectivity index (χ0) is 22.3. The molecule has 0 bridgehead atoms. The summed E-state index contributed by atoms with van der Waals surface area (Å²) in [7, 11) is 0. The highest BCUT2D eigenvalue weighted by molar-refractivity contribution is 7.99. The molecule has 2 aromatic carbocycles. The van der Waals surface area contributed by atoms with Crippen molar-refractivity contribution < 1.29 is 31.1 Å². The van der Waals surface area contributed by atoms with Crippen molar-refractivity contribution in [3.05, 3.63) is 65.0 Å². The highest BCUT2D eigenvalue weighted by Gasteiger charge is 2.30. The van der Waals surface area contributed by atoms with Gasteiger partial charge in [0.2, 0.25) is 5.90 Å². The van der Waals surface area contributed by atoms with E-state index in [1.54, 1.807) is 6.26 Å². The maximum atomic E-state index is 14.6. The first-order valence-electron chi connectivity index (χ1n) is 8.38. The topological polar surface area (TPSA) is 37.2 Å². The maximum Gasteiger partial charge on any atom is 0.416 e. The molecule has 0 N–H and O–H groups in total. The van der Waals surface area contributed by atoms with E-state index < -0.39 is 30.6 Å². The van der Waals surface area contributed by atoms with Gasteiger partial charge in [0, 0.05) is 29.8 Å². The molecule has 30 heavy (non-hydrogen) atoms. The predicted molar refractivity (Wildman–Crippen MR) is 106 cm³/mol. The second-order valence-electron chi connectivity index (χ2n) is 5.82. The fraction of sp³-hybridized carbons (Fsp3) is 0.263. The number of halogens is 6. The van der Waals surface area contributed by atoms with Gasteiger partial charge in [-0.2, -0.15) is 18.3 Å². The number of alkyl halides is 5. The van der Waals surface area contributed by atoms with Crippen LogP contribution in [0.1, 0.15) is 16.7 Å². The van der Waals surface area contributed by atoms with Crippen LogP contribution in [0.3, 0.4) is 0 Å². The molecule has 0 fully saturated rings. The fourth-order valence-corrected chi connectivity index (χ4v) is 3.03. The minimum Gasteiger partial charge on any atom is -0.470 e. The van der Waals surface area contributed by atoms with Crippen LogP contribution < -0.4 is 4.31 Å². The minimum atomic E-state index is -4.50. The van der Waals surface area contributed by atoms with Gasteiger partial charge in [-0.1, -0.05) is 24.1 Å². The van der Waals surface area contributed by atoms with Crippen molar-refractivity contribution in [1.82, 2.24) is 0 Å². The molecule has 0 aliphatic rings. The van der Waals surface area contributed by atoms with Crippen LogP contribution in [-0.2, 0) is 17.5 Å². The standard InChI is InChI=1S/C19H17F6N3OS/c1-26-27-18(29-11-17(21)22)12-6-7-13(16(20)8-12)10-28(30-2)15-5-3-4-14(9-15)19(23,24)25/h3-9,17H,1,10-11H2,2H3/b27-18-. The molecule has 0 spiro atoms. The van der Waals surface area contributed by atoms with Gasteiger partial charge in [-0.05, 0) is 30.3 Å². The molecule has 11 heteroatoms. The van der Waals surface area contributed by atoms with Crippen LogP contribution in [0.2, 0.25) is 0 Å². The Labute approximate surface area is 173 Å². The Hall–Kier alpha value is -2.69. The van der Waals surface area contributed by atoms with Gasteiger partial charge in [0.05, 0.1) is 12.1 Å². The highest BCUT2D eigenvalue weighted by atomic mass is 32.2. The lowest BCUT2D eigenvalue weighted by Gasteiger charge is -2.23. The van der Waals surface area contributed by atoms with Crippen molar-refractivity contribution in [2.45, 2.75) is 19.1 Å². The van der Waals surface area contributed by atoms with Crippen molar-refractivity contribution in [3.8, 4) is 0 Å². The summed E-state index contributed by atoms with van der Waals surface area (Å²) in [5.41, 5.74) is -0.327. The summed E-state index contributed by atoms with van der Waals surface area (Å²) >= 11 is 1.12. The summed E-state index contributed by atoms with van der Waals surface area (Å²) in [6, 6.07) is 8.45. The Bertz CT molecular complexity index is 904. The number of hydrogen-bond acceptors (Lipinski definition) is 5. The molecular formula is C19H17F6N3OS. The first-order chi connectivity index (χ1) is 14.2. The van der Waals surface area contributed by atoms with E-state index in [1.165, 1.54) is 28.6 Å². The van der Waals surface area contributed by atoms with Crippen molar-refractivity contribution in [3.63, 3.8) is 0 Å². The molecule has 0 saturated heterocycles. The third-order valence-corrected chi connectivity index (χ3v) is 4.58. The third-order valence-electron chi connectivity index (χ3n) is 3.80. The third kappa shape index (κ3) is 6.41. The first kappa shape index (κ1) is 23.6. The van der Waals surface area contributed by atoms with Crippen molar-refractivity contribution >= 4 is 30.3 Å². The first-order valence-corrected chi connectivity index (χ1v) is 9.56. The summed E-state index contributed by atoms with van der Waals surface area (Å²) in [5.74, 6) is -1.04. The van der Waals surface area contributed by atoms with E-state index in [0.717, 1.165) is 30.1 Å². The lowest BCUT2D eigenvalue weighted by Crippen LogP contribution is -2.16. The van der Waals surface area contributed by atoms with Crippen molar-refractivity contribution in [1.29, 1.82) is 0 Å². The molecule has 0 unspecified atom stereocenters. The molecule has 0 aliphatic heterocycles. The van der Waals surface area contributed by atoms with E-state index in [4.69, 9.17) is 4.74 Å². The molecule has 0 aromatic heterocycles. The van der Waals surface area contributed by atoms with Gasteiger partial charge >= 0.3 is 6.18 Å². The Balaban J connectivity index is 2.25. The van der Waals surface area contributed by atoms with Crippen molar-refractivity contribution in [2.24, 2.45) is 10.2 Å². The molecule has 4 nitrogen and oxygen atoms in total. The van der Waals surface area contributed by atoms with Gasteiger partial charge < -0.3 is 9.04 Å². The number of benzene rings is 2. The fourth-order valence-electron chi connectivity index (χ4n) is 2.44. The molecule has 0 atom stereocenters. The van der Waals surface area contributed by atoms with E-state index in [-0.39, 0.29) is 29.3 Å². The number of ether oxygens (including phenoxy) is 1. The van der Waals surface area contributed by atoms with Crippen LogP contribution in [0.15, 0.2) is 52.7 Å². The summed E-state index contributed by atoms with van der Waals surface area (Å²) in [6.07, 6.45) is -5.61. The van der Waals surface area contributed by atoms with E-state index in [9.17, 15) is 26.3 Å². The Kier molecular flexibility index (Phi) is 8.16. The molecule has 0 amide bonds. The predicted octanol–water partition coefficient (Wildman–Crippen LogP) is 5.77. The van der Waals surface area contributed by atoms with Crippen LogP contribution in [-0.4, -0.2) is 31.9 Å². The van der Waals surface area contributed by atoms with Gasteiger partial charge in [0.25, 0.3) is 6.43 Å². The zero-order valence-corrected chi connectivity index (χ0v) is 16.5. The van der Waals surface area contributed by atoms with Gasteiger partial charge in [0.15, 0.2) is 6.61 Å². The lowest BCUT2D eigenvalue weighted by molar-refractivity contribution is -0.137. The molecule has 162 valence electrons. The molecular weight excluding hydrogens is 432 g/mol. The van der Waals surface area contributed by atoms with Crippen LogP contribution >= 0.6 is 11.9 Å². The van der Waals surface area contributed by atoms with Crippen LogP contribution in [0.25, 0.3) is 0 Å². The van der Waals surface area contributed by atoms with E-state index in [2.05, 4.69) is 16.9 Å². The zero-order valence-electron chi connectivity index (χ0n) is 15.7. The largest absolute Gasteiger partial charge is 0.470 e. The molecule has 0 heterocycles. The van der Waals surface area contributed by atoms with Crippen LogP contribution in [0.4, 0.5) is 32.0 Å². The molecule has 0 radical (unpaired) electrons. The highest BCUT2D eigenvalue weighted by Crippen LogP contribution is 2.33. The van der Waals surface area contributed by atoms with E-state index in [1.807, 2.05) is 0 Å². The van der Waals surface area contributed by atoms with Gasteiger partial charge in [-0.25, -0.2) is 13.2 Å². The Morgan fingerprint density at radius 3 is 2.50 bits per heavy atom. The number of nitrogens with zero attached hydrogens (tertiary/aromatic N) is 3. The van der Waals surface area contributed by atoms with Crippen molar-refractivity contribution in [2.75, 3.05) is 17.2 Å². The summed E-state index contributed by atoms with van der Waals surface area (Å²) < 4.78 is 84.5. The summed E-state index contributed by atoms with van der Waals surface area (Å²) in [4.78, 5) is 0. The molecule has 2 rings (SSSR count). The minimum absolute atomic E-state index is 0.0430. The maximum absolute atomic E-state index is 14.6. The summed E-state index contributed by atoms with van der Waals surface area (Å²) in [5, 5.41) is 6.70. The Morgan fingerprint density at radius 1 is 1.20 bits per heavy atom. The normalized spacial score (nSPS) is 12.2. The number of rotatable bonds is 8. The summed E-state index contributed by atoms with van der Waals surface area (Å²) in [6.45, 7) is 2.12.